The Balaban J connectivity index is 1.19. The van der Waals surface area contributed by atoms with Gasteiger partial charge in [0.15, 0.2) is 5.82 Å². The number of anilines is 3. The molecule has 1 N–H and O–H groups in total. The molecule has 1 aromatic carbocycles. The van der Waals surface area contributed by atoms with Crippen molar-refractivity contribution in [2.75, 3.05) is 43.0 Å². The molecule has 1 fully saturated rings. The molecule has 172 valence electrons. The monoisotopic (exact) mass is 447 g/mol. The van der Waals surface area contributed by atoms with E-state index in [1.54, 1.807) is 0 Å². The molecule has 1 saturated heterocycles. The van der Waals surface area contributed by atoms with Crippen LogP contribution in [-0.4, -0.2) is 53.7 Å². The van der Waals surface area contributed by atoms with Crippen molar-refractivity contribution in [2.45, 2.75) is 32.3 Å². The first-order valence-electron chi connectivity index (χ1n) is 11.6. The molecule has 1 atom stereocenters. The van der Waals surface area contributed by atoms with E-state index in [9.17, 15) is 4.79 Å². The number of nitrogens with one attached hydrogen (secondary N) is 1. The maximum atomic E-state index is 13.0. The predicted octanol–water partition coefficient (Wildman–Crippen LogP) is 3.86. The Morgan fingerprint density at radius 1 is 1.15 bits per heavy atom. The molecule has 0 unspecified atom stereocenters. The lowest BCUT2D eigenvalue weighted by atomic mass is 10.0. The second kappa shape index (κ2) is 9.62. The van der Waals surface area contributed by atoms with Crippen LogP contribution in [-0.2, 0) is 16.0 Å². The predicted molar refractivity (Wildman–Crippen MR) is 126 cm³/mol. The van der Waals surface area contributed by atoms with Crippen LogP contribution in [0.1, 0.15) is 36.0 Å². The first-order chi connectivity index (χ1) is 16.2. The van der Waals surface area contributed by atoms with Crippen LogP contribution in [0.15, 0.2) is 53.1 Å². The molecule has 0 bridgehead atoms. The third kappa shape index (κ3) is 5.01. The van der Waals surface area contributed by atoms with E-state index < -0.39 is 0 Å². The molecule has 2 aliphatic rings. The van der Waals surface area contributed by atoms with E-state index in [4.69, 9.17) is 9.26 Å². The SMILES string of the molecule is Cc1cc(Nc2cccc([C@@H]3CN(C(=O)CCN4CCCc5ccccc54)CCO3)n2)no1. The Morgan fingerprint density at radius 2 is 2.06 bits per heavy atom. The number of para-hydroxylation sites is 1. The largest absolute Gasteiger partial charge is 0.371 e. The molecule has 4 heterocycles. The molecular formula is C25H29N5O3. The van der Waals surface area contributed by atoms with E-state index in [1.807, 2.05) is 36.1 Å². The van der Waals surface area contributed by atoms with Gasteiger partial charge >= 0.3 is 0 Å². The molecule has 0 radical (unpaired) electrons. The Morgan fingerprint density at radius 3 is 2.94 bits per heavy atom. The zero-order valence-electron chi connectivity index (χ0n) is 18.9. The average Bonchev–Trinajstić information content (AvgIpc) is 3.27. The fourth-order valence-electron chi connectivity index (χ4n) is 4.54. The van der Waals surface area contributed by atoms with Gasteiger partial charge in [0.05, 0.1) is 18.8 Å². The van der Waals surface area contributed by atoms with Crippen molar-refractivity contribution < 1.29 is 14.1 Å². The maximum absolute atomic E-state index is 13.0. The summed E-state index contributed by atoms with van der Waals surface area (Å²) in [4.78, 5) is 22.0. The minimum Gasteiger partial charge on any atom is -0.371 e. The Labute approximate surface area is 193 Å². The molecule has 1 amide bonds. The van der Waals surface area contributed by atoms with Crippen molar-refractivity contribution >= 4 is 23.2 Å². The van der Waals surface area contributed by atoms with Crippen LogP contribution in [0.2, 0.25) is 0 Å². The summed E-state index contributed by atoms with van der Waals surface area (Å²) < 4.78 is 11.1. The van der Waals surface area contributed by atoms with Crippen LogP contribution in [0.4, 0.5) is 17.3 Å². The highest BCUT2D eigenvalue weighted by Crippen LogP contribution is 2.27. The van der Waals surface area contributed by atoms with Crippen molar-refractivity contribution in [3.8, 4) is 0 Å². The molecule has 0 aliphatic carbocycles. The van der Waals surface area contributed by atoms with Gasteiger partial charge in [-0.3, -0.25) is 4.79 Å². The van der Waals surface area contributed by atoms with Crippen molar-refractivity contribution in [2.24, 2.45) is 0 Å². The van der Waals surface area contributed by atoms with Gasteiger partial charge in [0.25, 0.3) is 0 Å². The average molecular weight is 448 g/mol. The van der Waals surface area contributed by atoms with E-state index in [1.165, 1.54) is 11.3 Å². The van der Waals surface area contributed by atoms with Gasteiger partial charge in [-0.25, -0.2) is 4.98 Å². The van der Waals surface area contributed by atoms with Gasteiger partial charge in [-0.2, -0.15) is 0 Å². The molecule has 3 aromatic rings. The number of hydrogen-bond donors (Lipinski definition) is 1. The highest BCUT2D eigenvalue weighted by molar-refractivity contribution is 5.77. The summed E-state index contributed by atoms with van der Waals surface area (Å²) >= 11 is 0. The number of amides is 1. The standard InChI is InChI=1S/C25H29N5O3/c1-18-16-24(28-33-18)27-23-10-4-8-20(26-23)22-17-30(14-15-32-22)25(31)11-13-29-12-5-7-19-6-2-3-9-21(19)29/h2-4,6,8-10,16,22H,5,7,11-15,17H2,1H3,(H,26,27,28)/t22-/m0/s1. The number of aryl methyl sites for hydroxylation is 2. The number of nitrogens with zero attached hydrogens (tertiary/aromatic N) is 4. The number of hydrogen-bond acceptors (Lipinski definition) is 7. The molecule has 5 rings (SSSR count). The van der Waals surface area contributed by atoms with Gasteiger partial charge in [-0.05, 0) is 43.5 Å². The summed E-state index contributed by atoms with van der Waals surface area (Å²) in [6.07, 6.45) is 2.50. The van der Waals surface area contributed by atoms with Crippen LogP contribution < -0.4 is 10.2 Å². The zero-order valence-corrected chi connectivity index (χ0v) is 18.9. The van der Waals surface area contributed by atoms with Gasteiger partial charge in [0.2, 0.25) is 5.91 Å². The van der Waals surface area contributed by atoms with Gasteiger partial charge in [0.1, 0.15) is 17.7 Å². The number of fused-ring (bicyclic) bond motifs is 1. The first-order valence-corrected chi connectivity index (χ1v) is 11.6. The molecule has 0 spiro atoms. The molecule has 2 aliphatic heterocycles. The van der Waals surface area contributed by atoms with Crippen LogP contribution in [0.3, 0.4) is 0 Å². The van der Waals surface area contributed by atoms with Gasteiger partial charge < -0.3 is 24.4 Å². The van der Waals surface area contributed by atoms with Gasteiger partial charge in [-0.1, -0.05) is 29.4 Å². The van der Waals surface area contributed by atoms with Crippen molar-refractivity contribution in [3.05, 3.63) is 65.5 Å². The number of benzene rings is 1. The van der Waals surface area contributed by atoms with E-state index in [0.29, 0.717) is 37.8 Å². The summed E-state index contributed by atoms with van der Waals surface area (Å²) in [6, 6.07) is 16.1. The molecular weight excluding hydrogens is 418 g/mol. The topological polar surface area (TPSA) is 83.7 Å². The highest BCUT2D eigenvalue weighted by atomic mass is 16.5. The Hall–Kier alpha value is -3.39. The summed E-state index contributed by atoms with van der Waals surface area (Å²) in [5, 5.41) is 7.09. The molecule has 0 saturated carbocycles. The quantitative estimate of drug-likeness (QED) is 0.614. The maximum Gasteiger partial charge on any atom is 0.224 e. The van der Waals surface area contributed by atoms with E-state index in [-0.39, 0.29) is 12.0 Å². The van der Waals surface area contributed by atoms with E-state index in [0.717, 1.165) is 37.4 Å². The van der Waals surface area contributed by atoms with Crippen LogP contribution in [0.5, 0.6) is 0 Å². The third-order valence-corrected chi connectivity index (χ3v) is 6.21. The number of pyridine rings is 1. The number of rotatable bonds is 6. The fraction of sp³-hybridized carbons (Fsp3) is 0.400. The summed E-state index contributed by atoms with van der Waals surface area (Å²) in [7, 11) is 0. The van der Waals surface area contributed by atoms with Crippen LogP contribution in [0, 0.1) is 6.92 Å². The van der Waals surface area contributed by atoms with Crippen LogP contribution in [0.25, 0.3) is 0 Å². The number of morpholine rings is 1. The van der Waals surface area contributed by atoms with Crippen LogP contribution >= 0.6 is 0 Å². The normalized spacial score (nSPS) is 18.2. The third-order valence-electron chi connectivity index (χ3n) is 6.21. The minimum absolute atomic E-state index is 0.165. The second-order valence-electron chi connectivity index (χ2n) is 8.56. The number of carbonyl (C=O) groups is 1. The highest BCUT2D eigenvalue weighted by Gasteiger charge is 2.27. The number of ether oxygens (including phenoxy) is 1. The van der Waals surface area contributed by atoms with Crippen molar-refractivity contribution in [3.63, 3.8) is 0 Å². The molecule has 8 nitrogen and oxygen atoms in total. The lowest BCUT2D eigenvalue weighted by molar-refractivity contribution is -0.138. The minimum atomic E-state index is -0.251. The van der Waals surface area contributed by atoms with Crippen molar-refractivity contribution in [1.29, 1.82) is 0 Å². The lowest BCUT2D eigenvalue weighted by Crippen LogP contribution is -2.43. The molecule has 8 heteroatoms. The van der Waals surface area contributed by atoms with E-state index >= 15 is 0 Å². The van der Waals surface area contributed by atoms with Crippen molar-refractivity contribution in [1.82, 2.24) is 15.0 Å². The summed E-state index contributed by atoms with van der Waals surface area (Å²) in [5.74, 6) is 2.17. The number of carbonyl (C=O) groups excluding carboxylic acids is 1. The lowest BCUT2D eigenvalue weighted by Gasteiger charge is -2.34. The Kier molecular flexibility index (Phi) is 6.26. The summed E-state index contributed by atoms with van der Waals surface area (Å²) in [6.45, 7) is 5.22. The van der Waals surface area contributed by atoms with Gasteiger partial charge in [-0.15, -0.1) is 0 Å². The first kappa shape index (κ1) is 21.5. The summed E-state index contributed by atoms with van der Waals surface area (Å²) in [5.41, 5.74) is 3.44. The number of aromatic nitrogens is 2. The molecule has 33 heavy (non-hydrogen) atoms. The fourth-order valence-corrected chi connectivity index (χ4v) is 4.54. The van der Waals surface area contributed by atoms with E-state index in [2.05, 4.69) is 44.6 Å². The second-order valence-corrected chi connectivity index (χ2v) is 8.56. The Bertz CT molecular complexity index is 1110. The van der Waals surface area contributed by atoms with Gasteiger partial charge in [0, 0.05) is 37.8 Å². The zero-order chi connectivity index (χ0) is 22.6. The smallest absolute Gasteiger partial charge is 0.224 e. The molecule has 2 aromatic heterocycles.